The number of aromatic nitrogens is 1. The molecule has 0 N–H and O–H groups in total. The summed E-state index contributed by atoms with van der Waals surface area (Å²) in [6.45, 7) is 16.5. The topological polar surface area (TPSA) is 45.2 Å². The molecule has 0 saturated carbocycles. The molecule has 5 nitrogen and oxygen atoms in total. The van der Waals surface area contributed by atoms with Crippen molar-refractivity contribution in [3.05, 3.63) is 180 Å². The highest BCUT2D eigenvalue weighted by Gasteiger charge is 2.28. The fraction of sp³-hybridized carbons (Fsp3) is 0.152. The molecule has 0 fully saturated rings. The molecule has 2 aliphatic heterocycles. The van der Waals surface area contributed by atoms with Crippen LogP contribution in [0.15, 0.2) is 161 Å². The van der Waals surface area contributed by atoms with Crippen LogP contribution in [0.4, 0.5) is 5.82 Å². The van der Waals surface area contributed by atoms with Crippen molar-refractivity contribution in [2.75, 3.05) is 13.1 Å². The summed E-state index contributed by atoms with van der Waals surface area (Å²) in [5.41, 5.74) is 12.7. The summed E-state index contributed by atoms with van der Waals surface area (Å²) in [4.78, 5) is 17.5. The van der Waals surface area contributed by atoms with E-state index in [0.717, 1.165) is 91.7 Å². The minimum atomic E-state index is 0.708. The zero-order chi connectivity index (χ0) is 35.5. The third-order valence-electron chi connectivity index (χ3n) is 9.68. The molecule has 0 atom stereocenters. The second kappa shape index (κ2) is 14.4. The van der Waals surface area contributed by atoms with Gasteiger partial charge < -0.3 is 9.47 Å². The van der Waals surface area contributed by atoms with E-state index in [1.54, 1.807) is 0 Å². The van der Waals surface area contributed by atoms with Gasteiger partial charge in [-0.05, 0) is 38.3 Å². The minimum absolute atomic E-state index is 0.708. The van der Waals surface area contributed by atoms with Gasteiger partial charge in [0.25, 0.3) is 0 Å². The Balaban J connectivity index is 1.15. The average molecular weight is 666 g/mol. The van der Waals surface area contributed by atoms with Crippen LogP contribution in [0.3, 0.4) is 0 Å². The van der Waals surface area contributed by atoms with Crippen molar-refractivity contribution in [1.82, 2.24) is 9.47 Å². The number of rotatable bonds is 10. The fourth-order valence-corrected chi connectivity index (χ4v) is 7.07. The van der Waals surface area contributed by atoms with Crippen molar-refractivity contribution in [1.29, 1.82) is 0 Å². The number of nitrogens with zero attached hydrogens (tertiary/aromatic N) is 5. The van der Waals surface area contributed by atoms with Crippen LogP contribution in [0, 0.1) is 0 Å². The molecule has 0 spiro atoms. The van der Waals surface area contributed by atoms with Gasteiger partial charge in [-0.25, -0.2) is 4.99 Å². The first-order valence-corrected chi connectivity index (χ1v) is 17.6. The maximum atomic E-state index is 5.20. The molecule has 0 saturated heterocycles. The van der Waals surface area contributed by atoms with E-state index in [-0.39, 0.29) is 0 Å². The van der Waals surface area contributed by atoms with E-state index in [0.29, 0.717) is 6.54 Å². The smallest absolute Gasteiger partial charge is 0.141 e. The molecule has 4 aromatic carbocycles. The molecular formula is C46H43N5. The van der Waals surface area contributed by atoms with Crippen molar-refractivity contribution < 1.29 is 0 Å². The van der Waals surface area contributed by atoms with Gasteiger partial charge in [-0.1, -0.05) is 141 Å². The van der Waals surface area contributed by atoms with E-state index in [9.17, 15) is 0 Å². The van der Waals surface area contributed by atoms with Crippen molar-refractivity contribution in [3.8, 4) is 0 Å². The second-order valence-corrected chi connectivity index (χ2v) is 12.8. The zero-order valence-corrected chi connectivity index (χ0v) is 29.9. The van der Waals surface area contributed by atoms with E-state index in [1.165, 1.54) is 11.1 Å². The maximum absolute atomic E-state index is 5.20. The van der Waals surface area contributed by atoms with Crippen LogP contribution in [0.25, 0.3) is 27.7 Å². The lowest BCUT2D eigenvalue weighted by atomic mass is 9.94. The Morgan fingerprint density at radius 2 is 1.45 bits per heavy atom. The Morgan fingerprint density at radius 1 is 0.804 bits per heavy atom. The first-order valence-electron chi connectivity index (χ1n) is 17.6. The third-order valence-corrected chi connectivity index (χ3v) is 9.68. The van der Waals surface area contributed by atoms with Crippen LogP contribution in [-0.2, 0) is 7.05 Å². The molecule has 0 amide bonds. The summed E-state index contributed by atoms with van der Waals surface area (Å²) >= 11 is 0. The molecule has 252 valence electrons. The highest BCUT2D eigenvalue weighted by molar-refractivity contribution is 6.18. The number of benzene rings is 4. The second-order valence-electron chi connectivity index (χ2n) is 12.8. The highest BCUT2D eigenvalue weighted by atomic mass is 15.2. The number of fused-ring (bicyclic) bond motifs is 3. The molecule has 5 heteroatoms. The Kier molecular flexibility index (Phi) is 9.45. The summed E-state index contributed by atoms with van der Waals surface area (Å²) in [5, 5.41) is 2.22. The van der Waals surface area contributed by atoms with E-state index < -0.39 is 0 Å². The molecule has 3 heterocycles. The lowest BCUT2D eigenvalue weighted by Gasteiger charge is -2.17. The Hall–Kier alpha value is -6.07. The van der Waals surface area contributed by atoms with Crippen LogP contribution < -0.4 is 0 Å². The van der Waals surface area contributed by atoms with Crippen LogP contribution >= 0.6 is 0 Å². The number of amidine groups is 1. The number of allylic oxidation sites excluding steroid dienone is 4. The third kappa shape index (κ3) is 6.28. The molecule has 7 rings (SSSR count). The molecule has 0 unspecified atom stereocenters. The van der Waals surface area contributed by atoms with E-state index in [4.69, 9.17) is 15.0 Å². The van der Waals surface area contributed by atoms with Crippen LogP contribution in [-0.4, -0.2) is 39.8 Å². The molecule has 0 bridgehead atoms. The van der Waals surface area contributed by atoms with Gasteiger partial charge in [-0.2, -0.15) is 0 Å². The molecule has 0 aliphatic carbocycles. The molecule has 1 aromatic heterocycles. The normalized spacial score (nSPS) is 16.1. The monoisotopic (exact) mass is 665 g/mol. The maximum Gasteiger partial charge on any atom is 0.141 e. The first-order chi connectivity index (χ1) is 24.9. The van der Waals surface area contributed by atoms with Crippen LogP contribution in [0.2, 0.25) is 0 Å². The average Bonchev–Trinajstić information content (AvgIpc) is 3.74. The van der Waals surface area contributed by atoms with Gasteiger partial charge in [0.05, 0.1) is 11.4 Å². The molecule has 2 aliphatic rings. The fourth-order valence-electron chi connectivity index (χ4n) is 7.07. The van der Waals surface area contributed by atoms with Gasteiger partial charge in [0, 0.05) is 75.9 Å². The van der Waals surface area contributed by atoms with Crippen LogP contribution in [0.1, 0.15) is 60.7 Å². The first kappa shape index (κ1) is 33.4. The number of aliphatic imine (C=N–C) groups is 3. The van der Waals surface area contributed by atoms with Crippen molar-refractivity contribution in [2.24, 2.45) is 22.0 Å². The number of hydrogen-bond acceptors (Lipinski definition) is 3. The summed E-state index contributed by atoms with van der Waals surface area (Å²) in [7, 11) is 2.10. The van der Waals surface area contributed by atoms with E-state index in [2.05, 4.69) is 159 Å². The van der Waals surface area contributed by atoms with Gasteiger partial charge >= 0.3 is 0 Å². The van der Waals surface area contributed by atoms with Gasteiger partial charge in [-0.3, -0.25) is 9.98 Å². The molecule has 0 radical (unpaired) electrons. The summed E-state index contributed by atoms with van der Waals surface area (Å²) < 4.78 is 2.21. The van der Waals surface area contributed by atoms with Crippen molar-refractivity contribution >= 4 is 50.8 Å². The van der Waals surface area contributed by atoms with Crippen molar-refractivity contribution in [2.45, 2.75) is 27.2 Å². The summed E-state index contributed by atoms with van der Waals surface area (Å²) in [6, 6.07) is 36.0. The Labute approximate surface area is 301 Å². The van der Waals surface area contributed by atoms with E-state index >= 15 is 0 Å². The predicted molar refractivity (Wildman–Crippen MR) is 218 cm³/mol. The minimum Gasteiger partial charge on any atom is -0.328 e. The SMILES string of the molecule is C=C(/C=C\C=C/CCN=C1c2ccccc2C(=C)N1CC)/C(C)=N/c1c2ccccc2c(/C(=C2\N=C(C)c3ccccc32)c2ccccc2)n1C. The largest absolute Gasteiger partial charge is 0.328 e. The molecule has 5 aromatic rings. The van der Waals surface area contributed by atoms with Gasteiger partial charge in [-0.15, -0.1) is 0 Å². The van der Waals surface area contributed by atoms with Gasteiger partial charge in [0.2, 0.25) is 0 Å². The quantitative estimate of drug-likeness (QED) is 0.0832. The van der Waals surface area contributed by atoms with Crippen molar-refractivity contribution in [3.63, 3.8) is 0 Å². The number of hydrogen-bond donors (Lipinski definition) is 0. The lowest BCUT2D eigenvalue weighted by Crippen LogP contribution is -2.23. The Bertz CT molecular complexity index is 2360. The molecular weight excluding hydrogens is 623 g/mol. The van der Waals surface area contributed by atoms with Crippen LogP contribution in [0.5, 0.6) is 0 Å². The zero-order valence-electron chi connectivity index (χ0n) is 29.9. The predicted octanol–water partition coefficient (Wildman–Crippen LogP) is 10.8. The lowest BCUT2D eigenvalue weighted by molar-refractivity contribution is 0.627. The highest BCUT2D eigenvalue weighted by Crippen LogP contribution is 2.44. The van der Waals surface area contributed by atoms with Gasteiger partial charge in [0.1, 0.15) is 11.7 Å². The standard InChI is InChI=1S/C46H43N5/c1-7-51-34(5)37-25-15-18-28-40(37)45(51)47-30-20-9-8-11-21-31(2)32(3)49-46-41-29-19-17-27-39(41)44(50(46)6)42(35-22-12-10-13-23-35)43-38-26-16-14-24-36(38)33(4)48-43/h8-19,21-29H,2,5,7,20,30H2,1,3-4,6H3/b9-8-,21-11-,43-42-,47-45?,49-32+. The van der Waals surface area contributed by atoms with Gasteiger partial charge in [0.15, 0.2) is 0 Å². The molecule has 51 heavy (non-hydrogen) atoms. The Morgan fingerprint density at radius 3 is 2.20 bits per heavy atom. The van der Waals surface area contributed by atoms with E-state index in [1.807, 2.05) is 19.1 Å². The summed E-state index contributed by atoms with van der Waals surface area (Å²) in [6.07, 6.45) is 9.10. The summed E-state index contributed by atoms with van der Waals surface area (Å²) in [5.74, 6) is 1.90.